The monoisotopic (exact) mass is 316 g/mol. The van der Waals surface area contributed by atoms with Crippen LogP contribution in [0.5, 0.6) is 0 Å². The smallest absolute Gasteiger partial charge is 0.261 e. The third kappa shape index (κ3) is 3.99. The molecule has 0 unspecified atom stereocenters. The van der Waals surface area contributed by atoms with Crippen molar-refractivity contribution in [3.05, 3.63) is 35.0 Å². The summed E-state index contributed by atoms with van der Waals surface area (Å²) in [4.78, 5) is 12.3. The minimum atomic E-state index is -3.50. The molecule has 0 spiro atoms. The molecule has 5 nitrogen and oxygen atoms in total. The number of hydrogen-bond acceptors (Lipinski definition) is 4. The van der Waals surface area contributed by atoms with Crippen LogP contribution in [0, 0.1) is 5.82 Å². The first-order valence-corrected chi connectivity index (χ1v) is 8.36. The van der Waals surface area contributed by atoms with Crippen molar-refractivity contribution in [2.45, 2.75) is 6.42 Å². The zero-order chi connectivity index (χ0) is 14.8. The van der Waals surface area contributed by atoms with Crippen LogP contribution in [0.25, 0.3) is 10.1 Å². The van der Waals surface area contributed by atoms with Crippen LogP contribution in [0.15, 0.2) is 24.3 Å². The number of hydrogen-bond donors (Lipinski definition) is 2. The van der Waals surface area contributed by atoms with Crippen LogP contribution in [0.4, 0.5) is 4.39 Å². The normalized spacial score (nSPS) is 11.7. The molecule has 0 saturated carbocycles. The lowest BCUT2D eigenvalue weighted by molar-refractivity contribution is 0.0958. The lowest BCUT2D eigenvalue weighted by Gasteiger charge is -2.02. The van der Waals surface area contributed by atoms with E-state index in [0.29, 0.717) is 9.58 Å². The van der Waals surface area contributed by atoms with E-state index in [1.807, 2.05) is 0 Å². The highest BCUT2D eigenvalue weighted by Gasteiger charge is 2.10. The number of rotatable bonds is 5. The lowest BCUT2D eigenvalue weighted by Crippen LogP contribution is -2.26. The third-order valence-corrected chi connectivity index (χ3v) is 4.55. The molecule has 0 aliphatic rings. The molecule has 108 valence electrons. The maximum absolute atomic E-state index is 13.0. The van der Waals surface area contributed by atoms with Gasteiger partial charge in [0, 0.05) is 11.2 Å². The first kappa shape index (κ1) is 14.9. The molecule has 0 fully saturated rings. The number of sulfonamides is 1. The maximum atomic E-state index is 13.0. The van der Waals surface area contributed by atoms with E-state index in [1.165, 1.54) is 23.5 Å². The van der Waals surface area contributed by atoms with Gasteiger partial charge < -0.3 is 5.32 Å². The summed E-state index contributed by atoms with van der Waals surface area (Å²) in [5.74, 6) is -0.828. The first-order valence-electron chi connectivity index (χ1n) is 5.83. The van der Waals surface area contributed by atoms with Crippen molar-refractivity contribution in [1.29, 1.82) is 0 Å². The van der Waals surface area contributed by atoms with Crippen molar-refractivity contribution in [3.8, 4) is 0 Å². The van der Waals surface area contributed by atoms with E-state index in [9.17, 15) is 17.6 Å². The van der Waals surface area contributed by atoms with Gasteiger partial charge in [-0.25, -0.2) is 17.9 Å². The fourth-order valence-electron chi connectivity index (χ4n) is 1.68. The van der Waals surface area contributed by atoms with Crippen LogP contribution in [-0.4, -0.2) is 26.6 Å². The topological polar surface area (TPSA) is 89.3 Å². The fraction of sp³-hybridized carbons (Fsp3) is 0.250. The second-order valence-corrected chi connectivity index (χ2v) is 7.09. The summed E-state index contributed by atoms with van der Waals surface area (Å²) >= 11 is 1.19. The van der Waals surface area contributed by atoms with Gasteiger partial charge in [-0.15, -0.1) is 11.3 Å². The van der Waals surface area contributed by atoms with Gasteiger partial charge in [0.05, 0.1) is 10.6 Å². The number of fused-ring (bicyclic) bond motifs is 1. The van der Waals surface area contributed by atoms with Crippen molar-refractivity contribution in [2.75, 3.05) is 12.3 Å². The standard InChI is InChI=1S/C12H13FN2O3S2/c13-9-3-2-8-6-11(19-10(8)7-9)12(16)15-4-1-5-20(14,17)18/h2-3,6-7H,1,4-5H2,(H,15,16)(H2,14,17,18). The van der Waals surface area contributed by atoms with Crippen molar-refractivity contribution in [3.63, 3.8) is 0 Å². The highest BCUT2D eigenvalue weighted by molar-refractivity contribution is 7.89. The Morgan fingerprint density at radius 1 is 1.35 bits per heavy atom. The molecule has 3 N–H and O–H groups in total. The number of carbonyl (C=O) groups excluding carboxylic acids is 1. The Morgan fingerprint density at radius 3 is 2.80 bits per heavy atom. The Labute approximate surface area is 119 Å². The highest BCUT2D eigenvalue weighted by atomic mass is 32.2. The minimum absolute atomic E-state index is 0.176. The highest BCUT2D eigenvalue weighted by Crippen LogP contribution is 2.26. The third-order valence-electron chi connectivity index (χ3n) is 2.60. The summed E-state index contributed by atoms with van der Waals surface area (Å²) in [5, 5.41) is 8.26. The van der Waals surface area contributed by atoms with Crippen LogP contribution in [0.3, 0.4) is 0 Å². The van der Waals surface area contributed by atoms with Crippen LogP contribution in [-0.2, 0) is 10.0 Å². The Morgan fingerprint density at radius 2 is 2.10 bits per heavy atom. The molecule has 8 heteroatoms. The van der Waals surface area contributed by atoms with Crippen LogP contribution >= 0.6 is 11.3 Å². The van der Waals surface area contributed by atoms with Gasteiger partial charge in [-0.3, -0.25) is 4.79 Å². The van der Waals surface area contributed by atoms with Crippen molar-refractivity contribution >= 4 is 37.4 Å². The molecule has 0 saturated heterocycles. The summed E-state index contributed by atoms with van der Waals surface area (Å²) in [7, 11) is -3.50. The van der Waals surface area contributed by atoms with E-state index in [2.05, 4.69) is 5.32 Å². The number of nitrogens with two attached hydrogens (primary N) is 1. The number of nitrogens with one attached hydrogen (secondary N) is 1. The zero-order valence-electron chi connectivity index (χ0n) is 10.4. The number of primary sulfonamides is 1. The molecule has 0 aliphatic carbocycles. The predicted octanol–water partition coefficient (Wildman–Crippen LogP) is 1.45. The van der Waals surface area contributed by atoms with Gasteiger partial charge in [0.1, 0.15) is 5.82 Å². The first-order chi connectivity index (χ1) is 9.35. The average molecular weight is 316 g/mol. The van der Waals surface area contributed by atoms with E-state index in [4.69, 9.17) is 5.14 Å². The van der Waals surface area contributed by atoms with Gasteiger partial charge in [0.15, 0.2) is 0 Å². The maximum Gasteiger partial charge on any atom is 0.261 e. The molecule has 0 aliphatic heterocycles. The Balaban J connectivity index is 1.97. The number of benzene rings is 1. The summed E-state index contributed by atoms with van der Waals surface area (Å²) in [6, 6.07) is 5.99. The molecular weight excluding hydrogens is 303 g/mol. The number of halogens is 1. The van der Waals surface area contributed by atoms with Crippen molar-refractivity contribution in [1.82, 2.24) is 5.32 Å². The summed E-state index contributed by atoms with van der Waals surface area (Å²) in [5.41, 5.74) is 0. The molecule has 1 aromatic carbocycles. The minimum Gasteiger partial charge on any atom is -0.351 e. The van der Waals surface area contributed by atoms with Gasteiger partial charge in [0.25, 0.3) is 5.91 Å². The van der Waals surface area contributed by atoms with Crippen molar-refractivity contribution < 1.29 is 17.6 Å². The van der Waals surface area contributed by atoms with Crippen LogP contribution in [0.1, 0.15) is 16.1 Å². The number of carbonyl (C=O) groups is 1. The molecule has 2 rings (SSSR count). The Kier molecular flexibility index (Phi) is 4.36. The largest absolute Gasteiger partial charge is 0.351 e. The van der Waals surface area contributed by atoms with Gasteiger partial charge in [0.2, 0.25) is 10.0 Å². The second kappa shape index (κ2) is 5.86. The average Bonchev–Trinajstić information content (AvgIpc) is 2.76. The zero-order valence-corrected chi connectivity index (χ0v) is 12.1. The van der Waals surface area contributed by atoms with Gasteiger partial charge in [-0.2, -0.15) is 0 Å². The van der Waals surface area contributed by atoms with Crippen LogP contribution < -0.4 is 10.5 Å². The molecule has 0 atom stereocenters. The van der Waals surface area contributed by atoms with Crippen molar-refractivity contribution in [2.24, 2.45) is 5.14 Å². The lowest BCUT2D eigenvalue weighted by atomic mass is 10.2. The molecule has 1 aromatic heterocycles. The van der Waals surface area contributed by atoms with E-state index >= 15 is 0 Å². The molecular formula is C12H13FN2O3S2. The summed E-state index contributed by atoms with van der Waals surface area (Å²) in [6.07, 6.45) is 0.254. The molecule has 2 aromatic rings. The number of thiophene rings is 1. The molecule has 1 heterocycles. The molecule has 1 amide bonds. The quantitative estimate of drug-likeness (QED) is 0.818. The Hall–Kier alpha value is -1.51. The van der Waals surface area contributed by atoms with Gasteiger partial charge >= 0.3 is 0 Å². The molecule has 0 radical (unpaired) electrons. The summed E-state index contributed by atoms with van der Waals surface area (Å²) < 4.78 is 35.2. The van der Waals surface area contributed by atoms with E-state index in [0.717, 1.165) is 5.39 Å². The van der Waals surface area contributed by atoms with E-state index in [1.54, 1.807) is 12.1 Å². The fourth-order valence-corrected chi connectivity index (χ4v) is 3.23. The predicted molar refractivity (Wildman–Crippen MR) is 76.7 cm³/mol. The Bertz CT molecular complexity index is 740. The molecule has 20 heavy (non-hydrogen) atoms. The number of amides is 1. The van der Waals surface area contributed by atoms with Gasteiger partial charge in [-0.1, -0.05) is 6.07 Å². The molecule has 0 bridgehead atoms. The summed E-state index contributed by atoms with van der Waals surface area (Å²) in [6.45, 7) is 0.220. The van der Waals surface area contributed by atoms with E-state index in [-0.39, 0.29) is 30.4 Å². The SMILES string of the molecule is NS(=O)(=O)CCCNC(=O)c1cc2ccc(F)cc2s1. The van der Waals surface area contributed by atoms with Crippen LogP contribution in [0.2, 0.25) is 0 Å². The second-order valence-electron chi connectivity index (χ2n) is 4.27. The van der Waals surface area contributed by atoms with Gasteiger partial charge in [-0.05, 0) is 30.0 Å². The van der Waals surface area contributed by atoms with E-state index < -0.39 is 10.0 Å².